The quantitative estimate of drug-likeness (QED) is 0.837. The second-order valence-corrected chi connectivity index (χ2v) is 5.25. The Morgan fingerprint density at radius 2 is 2.17 bits per heavy atom. The Morgan fingerprint density at radius 3 is 2.78 bits per heavy atom. The summed E-state index contributed by atoms with van der Waals surface area (Å²) < 4.78 is 0. The molecule has 0 amide bonds. The summed E-state index contributed by atoms with van der Waals surface area (Å²) in [4.78, 5) is 21.6. The van der Waals surface area contributed by atoms with E-state index in [-0.39, 0.29) is 15.7 Å². The molecule has 0 spiro atoms. The topological polar surface area (TPSA) is 54.4 Å². The minimum absolute atomic E-state index is 0.0944. The van der Waals surface area contributed by atoms with E-state index in [1.165, 1.54) is 24.8 Å². The van der Waals surface area contributed by atoms with Crippen molar-refractivity contribution in [2.24, 2.45) is 0 Å². The molecule has 0 saturated carbocycles. The van der Waals surface area contributed by atoms with Crippen molar-refractivity contribution in [2.45, 2.75) is 13.3 Å². The molecule has 1 N–H and O–H groups in total. The summed E-state index contributed by atoms with van der Waals surface area (Å²) in [5.41, 5.74) is 0.876. The Hall–Kier alpha value is -1.26. The molecule has 0 aliphatic carbocycles. The SMILES string of the molecule is CC(=O)SCCC=Cc1ccc(Cl)c(C(=O)O)c1. The normalized spacial score (nSPS) is 10.8. The Kier molecular flexibility index (Phi) is 5.95. The zero-order chi connectivity index (χ0) is 13.5. The molecular weight excluding hydrogens is 272 g/mol. The summed E-state index contributed by atoms with van der Waals surface area (Å²) in [5, 5.41) is 9.24. The predicted molar refractivity (Wildman–Crippen MR) is 75.2 cm³/mol. The molecule has 1 aromatic rings. The number of halogens is 1. The van der Waals surface area contributed by atoms with E-state index >= 15 is 0 Å². The number of rotatable bonds is 5. The van der Waals surface area contributed by atoms with Gasteiger partial charge in [-0.1, -0.05) is 41.6 Å². The van der Waals surface area contributed by atoms with E-state index in [2.05, 4.69) is 0 Å². The lowest BCUT2D eigenvalue weighted by molar-refractivity contribution is -0.109. The average Bonchev–Trinajstić information content (AvgIpc) is 2.30. The first-order valence-corrected chi connectivity index (χ1v) is 6.70. The summed E-state index contributed by atoms with van der Waals surface area (Å²) >= 11 is 7.04. The van der Waals surface area contributed by atoms with Crippen molar-refractivity contribution in [1.29, 1.82) is 0 Å². The third-order valence-electron chi connectivity index (χ3n) is 2.12. The first-order valence-electron chi connectivity index (χ1n) is 5.33. The second kappa shape index (κ2) is 7.24. The zero-order valence-corrected chi connectivity index (χ0v) is 11.4. The summed E-state index contributed by atoms with van der Waals surface area (Å²) in [6.07, 6.45) is 4.49. The lowest BCUT2D eigenvalue weighted by Crippen LogP contribution is -1.97. The molecule has 0 bridgehead atoms. The van der Waals surface area contributed by atoms with Gasteiger partial charge in [-0.3, -0.25) is 4.79 Å². The van der Waals surface area contributed by atoms with Crippen LogP contribution in [-0.4, -0.2) is 21.9 Å². The Bertz CT molecular complexity index is 483. The molecule has 18 heavy (non-hydrogen) atoms. The largest absolute Gasteiger partial charge is 0.478 e. The molecule has 0 radical (unpaired) electrons. The fraction of sp³-hybridized carbons (Fsp3) is 0.231. The van der Waals surface area contributed by atoms with Crippen LogP contribution in [0.4, 0.5) is 0 Å². The predicted octanol–water partition coefficient (Wildman–Crippen LogP) is 3.72. The molecule has 0 saturated heterocycles. The molecule has 0 unspecified atom stereocenters. The van der Waals surface area contributed by atoms with Gasteiger partial charge in [-0.25, -0.2) is 4.79 Å². The van der Waals surface area contributed by atoms with Crippen molar-refractivity contribution in [3.05, 3.63) is 40.4 Å². The van der Waals surface area contributed by atoms with Gasteiger partial charge in [-0.2, -0.15) is 0 Å². The fourth-order valence-electron chi connectivity index (χ4n) is 1.30. The highest BCUT2D eigenvalue weighted by Gasteiger charge is 2.07. The van der Waals surface area contributed by atoms with Crippen molar-refractivity contribution >= 4 is 40.5 Å². The van der Waals surface area contributed by atoms with Crippen molar-refractivity contribution in [3.63, 3.8) is 0 Å². The maximum Gasteiger partial charge on any atom is 0.337 e. The van der Waals surface area contributed by atoms with Crippen LogP contribution in [0.1, 0.15) is 29.3 Å². The number of hydrogen-bond acceptors (Lipinski definition) is 3. The Balaban J connectivity index is 2.62. The molecule has 1 rings (SSSR count). The van der Waals surface area contributed by atoms with Gasteiger partial charge >= 0.3 is 5.97 Å². The maximum absolute atomic E-state index is 10.9. The number of aromatic carboxylic acids is 1. The summed E-state index contributed by atoms with van der Waals surface area (Å²) in [6.45, 7) is 1.53. The molecule has 3 nitrogen and oxygen atoms in total. The standard InChI is InChI=1S/C13H13ClO3S/c1-9(15)18-7-3-2-4-10-5-6-12(14)11(8-10)13(16)17/h2,4-6,8H,3,7H2,1H3,(H,16,17). The first-order chi connectivity index (χ1) is 8.50. The van der Waals surface area contributed by atoms with Crippen LogP contribution in [0.25, 0.3) is 6.08 Å². The van der Waals surface area contributed by atoms with Crippen molar-refractivity contribution < 1.29 is 14.7 Å². The van der Waals surface area contributed by atoms with Gasteiger partial charge in [0, 0.05) is 12.7 Å². The van der Waals surface area contributed by atoms with E-state index in [0.717, 1.165) is 17.7 Å². The average molecular weight is 285 g/mol. The van der Waals surface area contributed by atoms with E-state index in [9.17, 15) is 9.59 Å². The second-order valence-electron chi connectivity index (χ2n) is 3.58. The van der Waals surface area contributed by atoms with E-state index in [1.54, 1.807) is 12.1 Å². The van der Waals surface area contributed by atoms with E-state index in [1.807, 2.05) is 12.2 Å². The van der Waals surface area contributed by atoms with Crippen LogP contribution in [0.15, 0.2) is 24.3 Å². The Labute approximate surface area is 115 Å². The number of benzene rings is 1. The van der Waals surface area contributed by atoms with Gasteiger partial charge in [-0.15, -0.1) is 0 Å². The zero-order valence-electron chi connectivity index (χ0n) is 9.85. The van der Waals surface area contributed by atoms with Gasteiger partial charge in [0.05, 0.1) is 10.6 Å². The maximum atomic E-state index is 10.9. The van der Waals surface area contributed by atoms with Crippen LogP contribution in [0, 0.1) is 0 Å². The lowest BCUT2D eigenvalue weighted by atomic mass is 10.1. The number of carboxylic acids is 1. The monoisotopic (exact) mass is 284 g/mol. The van der Waals surface area contributed by atoms with E-state index in [0.29, 0.717) is 0 Å². The minimum Gasteiger partial charge on any atom is -0.478 e. The minimum atomic E-state index is -1.04. The van der Waals surface area contributed by atoms with Crippen molar-refractivity contribution in [2.75, 3.05) is 5.75 Å². The molecule has 5 heteroatoms. The first kappa shape index (κ1) is 14.8. The van der Waals surface area contributed by atoms with Gasteiger partial charge in [-0.05, 0) is 24.1 Å². The van der Waals surface area contributed by atoms with E-state index < -0.39 is 5.97 Å². The molecule has 0 heterocycles. The highest BCUT2D eigenvalue weighted by Crippen LogP contribution is 2.18. The third kappa shape index (κ3) is 4.94. The fourth-order valence-corrected chi connectivity index (χ4v) is 2.04. The molecule has 96 valence electrons. The Morgan fingerprint density at radius 1 is 1.44 bits per heavy atom. The molecule has 0 fully saturated rings. The summed E-state index contributed by atoms with van der Waals surface area (Å²) in [7, 11) is 0. The van der Waals surface area contributed by atoms with Crippen molar-refractivity contribution in [1.82, 2.24) is 0 Å². The molecule has 0 aromatic heterocycles. The molecule has 0 aliphatic rings. The van der Waals surface area contributed by atoms with Crippen molar-refractivity contribution in [3.8, 4) is 0 Å². The third-order valence-corrected chi connectivity index (χ3v) is 3.30. The van der Waals surface area contributed by atoms with Crippen LogP contribution in [0.2, 0.25) is 5.02 Å². The van der Waals surface area contributed by atoms with Gasteiger partial charge in [0.1, 0.15) is 0 Å². The van der Waals surface area contributed by atoms with Gasteiger partial charge in [0.15, 0.2) is 5.12 Å². The lowest BCUT2D eigenvalue weighted by Gasteiger charge is -2.00. The molecule has 0 aliphatic heterocycles. The van der Waals surface area contributed by atoms with Gasteiger partial charge in [0.2, 0.25) is 0 Å². The van der Waals surface area contributed by atoms with E-state index in [4.69, 9.17) is 16.7 Å². The smallest absolute Gasteiger partial charge is 0.337 e. The highest BCUT2D eigenvalue weighted by molar-refractivity contribution is 8.13. The number of hydrogen-bond donors (Lipinski definition) is 1. The number of carboxylic acid groups (broad SMARTS) is 1. The molecule has 1 aromatic carbocycles. The van der Waals surface area contributed by atoms with Gasteiger partial charge < -0.3 is 5.11 Å². The summed E-state index contributed by atoms with van der Waals surface area (Å²) in [6, 6.07) is 4.84. The number of thioether (sulfide) groups is 1. The number of carbonyl (C=O) groups is 2. The molecule has 0 atom stereocenters. The number of allylic oxidation sites excluding steroid dienone is 1. The van der Waals surface area contributed by atoms with Crippen LogP contribution >= 0.6 is 23.4 Å². The van der Waals surface area contributed by atoms with Crippen LogP contribution in [-0.2, 0) is 4.79 Å². The highest BCUT2D eigenvalue weighted by atomic mass is 35.5. The van der Waals surface area contributed by atoms with Crippen LogP contribution in [0.5, 0.6) is 0 Å². The van der Waals surface area contributed by atoms with Gasteiger partial charge in [0.25, 0.3) is 0 Å². The molecular formula is C13H13ClO3S. The van der Waals surface area contributed by atoms with Crippen LogP contribution < -0.4 is 0 Å². The number of carbonyl (C=O) groups excluding carboxylic acids is 1. The van der Waals surface area contributed by atoms with Crippen LogP contribution in [0.3, 0.4) is 0 Å². The summed E-state index contributed by atoms with van der Waals surface area (Å²) in [5.74, 6) is -0.312.